The van der Waals surface area contributed by atoms with E-state index < -0.39 is 17.7 Å². The minimum Gasteiger partial charge on any atom is -0.478 e. The van der Waals surface area contributed by atoms with E-state index in [2.05, 4.69) is 16.4 Å². The van der Waals surface area contributed by atoms with E-state index in [9.17, 15) is 18.0 Å². The number of carbonyl (C=O) groups is 1. The first-order chi connectivity index (χ1) is 20.7. The Hall–Kier alpha value is -2.80. The number of carboxylic acid groups (broad SMARTS) is 1. The maximum absolute atomic E-state index is 12.5. The average molecular weight is 603 g/mol. The lowest BCUT2D eigenvalue weighted by Gasteiger charge is -2.32. The summed E-state index contributed by atoms with van der Waals surface area (Å²) in [6.07, 6.45) is 9.22. The van der Waals surface area contributed by atoms with E-state index in [4.69, 9.17) is 5.11 Å². The van der Waals surface area contributed by atoms with Crippen LogP contribution in [0.3, 0.4) is 0 Å². The van der Waals surface area contributed by atoms with Gasteiger partial charge in [0.2, 0.25) is 0 Å². The number of benzene rings is 2. The molecular weight excluding hydrogens is 549 g/mol. The zero-order valence-corrected chi connectivity index (χ0v) is 27.1. The molecule has 0 bridgehead atoms. The number of likely N-dealkylation sites (tertiary alicyclic amines) is 1. The SMILES string of the molecule is CC.CC.CC.FC(F)(F)c1ccc(CN2CCC3(CC2)CC3)cc1.O=C(O)c1ccc(C2(NC=C3CCC3)CC2)cc1. The van der Waals surface area contributed by atoms with E-state index in [0.29, 0.717) is 11.0 Å². The largest absolute Gasteiger partial charge is 0.478 e. The van der Waals surface area contributed by atoms with E-state index in [0.717, 1.165) is 38.0 Å². The Morgan fingerprint density at radius 2 is 1.37 bits per heavy atom. The molecule has 1 saturated heterocycles. The molecule has 2 aromatic carbocycles. The Morgan fingerprint density at radius 1 is 0.837 bits per heavy atom. The number of nitrogens with zero attached hydrogens (tertiary/aromatic N) is 1. The smallest absolute Gasteiger partial charge is 0.416 e. The summed E-state index contributed by atoms with van der Waals surface area (Å²) in [7, 11) is 0. The number of aromatic carboxylic acids is 1. The third-order valence-electron chi connectivity index (χ3n) is 8.54. The Bertz CT molecular complexity index is 1120. The van der Waals surface area contributed by atoms with Crippen molar-refractivity contribution < 1.29 is 23.1 Å². The zero-order valence-electron chi connectivity index (χ0n) is 27.1. The minimum atomic E-state index is -4.23. The highest BCUT2D eigenvalue weighted by Gasteiger charge is 2.44. The monoisotopic (exact) mass is 602 g/mol. The van der Waals surface area contributed by atoms with Crippen LogP contribution < -0.4 is 5.32 Å². The standard InChI is InChI=1S/C15H18F3N.C15H17NO2.3C2H6/c16-15(17,18)13-3-1-12(2-4-13)11-19-9-7-14(5-6-14)8-10-19;17-14(18)12-4-6-13(7-5-12)15(8-9-15)16-10-11-2-1-3-11;3*1-2/h1-4H,5-11H2;4-7,10,16H,1-3,8-9H2,(H,17,18);3*1-2H3. The van der Waals surface area contributed by atoms with Crippen molar-refractivity contribution in [3.05, 3.63) is 82.6 Å². The van der Waals surface area contributed by atoms with Gasteiger partial charge in [0.1, 0.15) is 0 Å². The molecule has 240 valence electrons. The molecule has 7 heteroatoms. The summed E-state index contributed by atoms with van der Waals surface area (Å²) in [6, 6.07) is 12.8. The van der Waals surface area contributed by atoms with Gasteiger partial charge < -0.3 is 10.4 Å². The fraction of sp³-hybridized carbons (Fsp3) is 0.583. The highest BCUT2D eigenvalue weighted by atomic mass is 19.4. The lowest BCUT2D eigenvalue weighted by molar-refractivity contribution is -0.137. The molecule has 4 aliphatic rings. The van der Waals surface area contributed by atoms with Crippen molar-refractivity contribution in [1.82, 2.24) is 10.2 Å². The second-order valence-electron chi connectivity index (χ2n) is 11.2. The summed E-state index contributed by atoms with van der Waals surface area (Å²) in [5.41, 5.74) is 4.18. The number of alkyl halides is 3. The summed E-state index contributed by atoms with van der Waals surface area (Å²) in [6.45, 7) is 14.9. The molecule has 43 heavy (non-hydrogen) atoms. The van der Waals surface area contributed by atoms with Crippen molar-refractivity contribution in [2.75, 3.05) is 13.1 Å². The molecule has 0 atom stereocenters. The number of hydrogen-bond donors (Lipinski definition) is 2. The van der Waals surface area contributed by atoms with Crippen LogP contribution >= 0.6 is 0 Å². The molecular formula is C36H53F3N2O2. The first kappa shape index (κ1) is 36.4. The van der Waals surface area contributed by atoms with Crippen molar-refractivity contribution >= 4 is 5.97 Å². The molecule has 0 aromatic heterocycles. The third kappa shape index (κ3) is 10.7. The van der Waals surface area contributed by atoms with Crippen molar-refractivity contribution in [2.24, 2.45) is 5.41 Å². The predicted molar refractivity (Wildman–Crippen MR) is 171 cm³/mol. The van der Waals surface area contributed by atoms with Gasteiger partial charge in [-0.15, -0.1) is 0 Å². The number of allylic oxidation sites excluding steroid dienone is 1. The molecule has 0 radical (unpaired) electrons. The van der Waals surface area contributed by atoms with Gasteiger partial charge in [0, 0.05) is 6.54 Å². The van der Waals surface area contributed by atoms with Gasteiger partial charge in [0.15, 0.2) is 0 Å². The zero-order chi connectivity index (χ0) is 32.1. The molecule has 3 aliphatic carbocycles. The summed E-state index contributed by atoms with van der Waals surface area (Å²) < 4.78 is 37.4. The molecule has 0 unspecified atom stereocenters. The molecule has 4 fully saturated rings. The van der Waals surface area contributed by atoms with E-state index in [1.165, 1.54) is 68.2 Å². The number of nitrogens with one attached hydrogen (secondary N) is 1. The van der Waals surface area contributed by atoms with Gasteiger partial charge in [-0.2, -0.15) is 13.2 Å². The predicted octanol–water partition coefficient (Wildman–Crippen LogP) is 10.2. The van der Waals surface area contributed by atoms with Crippen LogP contribution in [0.25, 0.3) is 0 Å². The van der Waals surface area contributed by atoms with Crippen LogP contribution in [0, 0.1) is 5.41 Å². The molecule has 2 aromatic rings. The first-order valence-electron chi connectivity index (χ1n) is 16.3. The second-order valence-corrected chi connectivity index (χ2v) is 11.2. The number of hydrogen-bond acceptors (Lipinski definition) is 3. The second kappa shape index (κ2) is 16.9. The number of piperidine rings is 1. The van der Waals surface area contributed by atoms with Crippen LogP contribution in [0.4, 0.5) is 13.2 Å². The van der Waals surface area contributed by atoms with Crippen molar-refractivity contribution in [2.45, 2.75) is 118 Å². The highest BCUT2D eigenvalue weighted by molar-refractivity contribution is 5.87. The average Bonchev–Trinajstić information content (AvgIpc) is 3.95. The van der Waals surface area contributed by atoms with Crippen LogP contribution in [-0.4, -0.2) is 29.1 Å². The molecule has 3 saturated carbocycles. The number of carboxylic acids is 1. The molecule has 0 amide bonds. The van der Waals surface area contributed by atoms with Crippen molar-refractivity contribution in [3.63, 3.8) is 0 Å². The lowest BCUT2D eigenvalue weighted by Crippen LogP contribution is -2.33. The topological polar surface area (TPSA) is 52.6 Å². The van der Waals surface area contributed by atoms with Gasteiger partial charge in [0.05, 0.1) is 16.7 Å². The maximum atomic E-state index is 12.5. The Balaban J connectivity index is 0.000000256. The molecule has 1 heterocycles. The van der Waals surface area contributed by atoms with Crippen LogP contribution in [-0.2, 0) is 18.3 Å². The van der Waals surface area contributed by atoms with Gasteiger partial charge in [-0.25, -0.2) is 4.79 Å². The highest BCUT2D eigenvalue weighted by Crippen LogP contribution is 2.53. The first-order valence-corrected chi connectivity index (χ1v) is 16.3. The Kier molecular flexibility index (Phi) is 14.3. The van der Waals surface area contributed by atoms with E-state index in [1.807, 2.05) is 53.7 Å². The van der Waals surface area contributed by atoms with Crippen LogP contribution in [0.1, 0.15) is 126 Å². The molecule has 1 aliphatic heterocycles. The summed E-state index contributed by atoms with van der Waals surface area (Å²) >= 11 is 0. The van der Waals surface area contributed by atoms with Crippen molar-refractivity contribution in [3.8, 4) is 0 Å². The van der Waals surface area contributed by atoms with Gasteiger partial charge >= 0.3 is 12.1 Å². The summed E-state index contributed by atoms with van der Waals surface area (Å²) in [5, 5.41) is 12.4. The lowest BCUT2D eigenvalue weighted by atomic mass is 9.93. The molecule has 4 nitrogen and oxygen atoms in total. The van der Waals surface area contributed by atoms with Gasteiger partial charge in [-0.1, -0.05) is 71.4 Å². The van der Waals surface area contributed by atoms with Crippen LogP contribution in [0.15, 0.2) is 60.3 Å². The molecule has 2 N–H and O–H groups in total. The maximum Gasteiger partial charge on any atom is 0.416 e. The van der Waals surface area contributed by atoms with Gasteiger partial charge in [0.25, 0.3) is 0 Å². The van der Waals surface area contributed by atoms with E-state index in [-0.39, 0.29) is 5.54 Å². The minimum absolute atomic E-state index is 0.0691. The Morgan fingerprint density at radius 3 is 1.77 bits per heavy atom. The van der Waals surface area contributed by atoms with Crippen molar-refractivity contribution in [1.29, 1.82) is 0 Å². The number of halogens is 3. The fourth-order valence-electron chi connectivity index (χ4n) is 5.26. The van der Waals surface area contributed by atoms with E-state index >= 15 is 0 Å². The number of rotatable bonds is 6. The molecule has 6 rings (SSSR count). The fourth-order valence-corrected chi connectivity index (χ4v) is 5.26. The van der Waals surface area contributed by atoms with E-state index in [1.54, 1.807) is 24.3 Å². The van der Waals surface area contributed by atoms with Crippen LogP contribution in [0.5, 0.6) is 0 Å². The Labute approximate surface area is 257 Å². The molecule has 1 spiro atoms. The quantitative estimate of drug-likeness (QED) is 0.345. The summed E-state index contributed by atoms with van der Waals surface area (Å²) in [4.78, 5) is 13.2. The third-order valence-corrected chi connectivity index (χ3v) is 8.54. The van der Waals surface area contributed by atoms with Crippen LogP contribution in [0.2, 0.25) is 0 Å². The van der Waals surface area contributed by atoms with Gasteiger partial charge in [-0.3, -0.25) is 4.90 Å². The van der Waals surface area contributed by atoms with Gasteiger partial charge in [-0.05, 0) is 118 Å². The summed E-state index contributed by atoms with van der Waals surface area (Å²) in [5.74, 6) is -0.865. The normalized spacial score (nSPS) is 18.8.